The van der Waals surface area contributed by atoms with Gasteiger partial charge in [0.1, 0.15) is 5.69 Å². The minimum Gasteiger partial charge on any atom is -0.477 e. The molecule has 0 atom stereocenters. The van der Waals surface area contributed by atoms with E-state index in [0.717, 1.165) is 26.9 Å². The summed E-state index contributed by atoms with van der Waals surface area (Å²) in [7, 11) is 0. The second kappa shape index (κ2) is 7.21. The van der Waals surface area contributed by atoms with E-state index >= 15 is 0 Å². The maximum absolute atomic E-state index is 11.9. The number of thiophene rings is 1. The van der Waals surface area contributed by atoms with Crippen LogP contribution in [0.5, 0.6) is 0 Å². The van der Waals surface area contributed by atoms with Crippen LogP contribution in [0.25, 0.3) is 21.3 Å². The molecule has 2 aromatic carbocycles. The molecule has 0 bridgehead atoms. The Hall–Kier alpha value is -1.98. The van der Waals surface area contributed by atoms with Crippen molar-refractivity contribution < 1.29 is 9.90 Å². The lowest BCUT2D eigenvalue weighted by molar-refractivity contribution is 0.0686. The van der Waals surface area contributed by atoms with E-state index < -0.39 is 5.97 Å². The summed E-state index contributed by atoms with van der Waals surface area (Å²) in [6.07, 6.45) is 0. The van der Waals surface area contributed by atoms with Gasteiger partial charge in [0.2, 0.25) is 0 Å². The second-order valence-corrected chi connectivity index (χ2v) is 8.54. The summed E-state index contributed by atoms with van der Waals surface area (Å²) >= 11 is 19.6. The van der Waals surface area contributed by atoms with Crippen molar-refractivity contribution in [1.29, 1.82) is 0 Å². The zero-order valence-corrected chi connectivity index (χ0v) is 16.8. The van der Waals surface area contributed by atoms with Crippen LogP contribution in [-0.4, -0.2) is 15.6 Å². The first-order valence-electron chi connectivity index (χ1n) is 7.99. The van der Waals surface area contributed by atoms with E-state index in [1.54, 1.807) is 22.8 Å². The van der Waals surface area contributed by atoms with E-state index in [-0.39, 0.29) is 5.69 Å². The first kappa shape index (κ1) is 18.4. The molecule has 0 fully saturated rings. The SMILES string of the molecule is O=C(O)c1cc2c(-c3ccc(Cl)s3)cccc2n1Cc1ccc(Cl)c(Cl)c1. The Labute approximate surface area is 174 Å². The summed E-state index contributed by atoms with van der Waals surface area (Å²) < 4.78 is 2.46. The molecule has 1 N–H and O–H groups in total. The number of carboxylic acid groups (broad SMARTS) is 1. The van der Waals surface area contributed by atoms with Crippen molar-refractivity contribution >= 4 is 63.0 Å². The molecule has 0 aliphatic heterocycles. The fourth-order valence-electron chi connectivity index (χ4n) is 3.13. The van der Waals surface area contributed by atoms with Crippen molar-refractivity contribution in [2.45, 2.75) is 6.54 Å². The van der Waals surface area contributed by atoms with Crippen LogP contribution in [0.3, 0.4) is 0 Å². The Balaban J connectivity index is 1.90. The predicted molar refractivity (Wildman–Crippen MR) is 113 cm³/mol. The van der Waals surface area contributed by atoms with Crippen LogP contribution in [0.15, 0.2) is 54.6 Å². The molecule has 0 amide bonds. The summed E-state index contributed by atoms with van der Waals surface area (Å²) in [5.74, 6) is -0.985. The highest BCUT2D eigenvalue weighted by Gasteiger charge is 2.18. The summed E-state index contributed by atoms with van der Waals surface area (Å²) in [6.45, 7) is 0.372. The number of hydrogen-bond acceptors (Lipinski definition) is 2. The average molecular weight is 437 g/mol. The first-order chi connectivity index (χ1) is 12.9. The van der Waals surface area contributed by atoms with E-state index in [1.165, 1.54) is 11.3 Å². The molecule has 4 aromatic rings. The molecule has 0 radical (unpaired) electrons. The number of carbonyl (C=O) groups is 1. The molecular formula is C20H12Cl3NO2S. The average Bonchev–Trinajstić information content (AvgIpc) is 3.22. The Morgan fingerprint density at radius 2 is 1.81 bits per heavy atom. The van der Waals surface area contributed by atoms with E-state index in [9.17, 15) is 9.90 Å². The lowest BCUT2D eigenvalue weighted by atomic mass is 10.1. The molecule has 7 heteroatoms. The molecule has 0 unspecified atom stereocenters. The molecule has 0 saturated heterocycles. The minimum absolute atomic E-state index is 0.214. The standard InChI is InChI=1S/C20H12Cl3NO2S/c21-14-5-4-11(8-15(14)22)10-24-16-3-1-2-12(18-6-7-19(23)27-18)13(16)9-17(24)20(25)26/h1-9H,10H2,(H,25,26). The Kier molecular flexibility index (Phi) is 4.91. The van der Waals surface area contributed by atoms with E-state index in [0.29, 0.717) is 20.9 Å². The van der Waals surface area contributed by atoms with Crippen molar-refractivity contribution in [2.75, 3.05) is 0 Å². The van der Waals surface area contributed by atoms with Crippen LogP contribution in [0.2, 0.25) is 14.4 Å². The lowest BCUT2D eigenvalue weighted by Crippen LogP contribution is -2.09. The van der Waals surface area contributed by atoms with Gasteiger partial charge in [0.25, 0.3) is 0 Å². The van der Waals surface area contributed by atoms with Gasteiger partial charge in [-0.2, -0.15) is 0 Å². The maximum Gasteiger partial charge on any atom is 0.352 e. The van der Waals surface area contributed by atoms with Crippen molar-refractivity contribution in [1.82, 2.24) is 4.57 Å². The van der Waals surface area contributed by atoms with Gasteiger partial charge in [-0.25, -0.2) is 4.79 Å². The van der Waals surface area contributed by atoms with Gasteiger partial charge < -0.3 is 9.67 Å². The maximum atomic E-state index is 11.9. The summed E-state index contributed by atoms with van der Waals surface area (Å²) in [5, 5.41) is 11.5. The number of rotatable bonds is 4. The molecule has 136 valence electrons. The smallest absolute Gasteiger partial charge is 0.352 e. The molecule has 0 aliphatic rings. The zero-order valence-electron chi connectivity index (χ0n) is 13.7. The molecule has 0 spiro atoms. The minimum atomic E-state index is -0.985. The summed E-state index contributed by atoms with van der Waals surface area (Å²) in [5.41, 5.74) is 2.88. The fraction of sp³-hybridized carbons (Fsp3) is 0.0500. The number of aromatic carboxylic acids is 1. The van der Waals surface area contributed by atoms with Crippen LogP contribution in [-0.2, 0) is 6.54 Å². The number of halogens is 3. The van der Waals surface area contributed by atoms with Crippen molar-refractivity contribution in [2.24, 2.45) is 0 Å². The van der Waals surface area contributed by atoms with Gasteiger partial charge in [-0.3, -0.25) is 0 Å². The third kappa shape index (κ3) is 3.46. The van der Waals surface area contributed by atoms with Crippen LogP contribution in [0, 0.1) is 0 Å². The largest absolute Gasteiger partial charge is 0.477 e. The number of benzene rings is 2. The second-order valence-electron chi connectivity index (χ2n) is 6.01. The molecule has 3 nitrogen and oxygen atoms in total. The molecular weight excluding hydrogens is 425 g/mol. The quantitative estimate of drug-likeness (QED) is 0.371. The predicted octanol–water partition coefficient (Wildman–Crippen LogP) is 7.08. The Morgan fingerprint density at radius 1 is 1.00 bits per heavy atom. The number of carboxylic acids is 1. The number of fused-ring (bicyclic) bond motifs is 1. The zero-order chi connectivity index (χ0) is 19.1. The highest BCUT2D eigenvalue weighted by Crippen LogP contribution is 2.37. The van der Waals surface area contributed by atoms with Gasteiger partial charge in [0.15, 0.2) is 0 Å². The van der Waals surface area contributed by atoms with Crippen LogP contribution >= 0.6 is 46.1 Å². The van der Waals surface area contributed by atoms with Crippen LogP contribution < -0.4 is 0 Å². The highest BCUT2D eigenvalue weighted by molar-refractivity contribution is 7.19. The third-order valence-electron chi connectivity index (χ3n) is 4.33. The molecule has 0 saturated carbocycles. The fourth-order valence-corrected chi connectivity index (χ4v) is 4.53. The van der Waals surface area contributed by atoms with E-state index in [2.05, 4.69) is 0 Å². The van der Waals surface area contributed by atoms with E-state index in [4.69, 9.17) is 34.8 Å². The number of hydrogen-bond donors (Lipinski definition) is 1. The molecule has 2 heterocycles. The first-order valence-corrected chi connectivity index (χ1v) is 9.94. The van der Waals surface area contributed by atoms with Crippen molar-refractivity contribution in [3.05, 3.63) is 80.2 Å². The normalized spacial score (nSPS) is 11.2. The number of aromatic nitrogens is 1. The van der Waals surface area contributed by atoms with Crippen molar-refractivity contribution in [3.63, 3.8) is 0 Å². The third-order valence-corrected chi connectivity index (χ3v) is 6.33. The Bertz CT molecular complexity index is 1180. The van der Waals surface area contributed by atoms with Gasteiger partial charge in [0, 0.05) is 27.9 Å². The van der Waals surface area contributed by atoms with Gasteiger partial charge >= 0.3 is 5.97 Å². The van der Waals surface area contributed by atoms with Gasteiger partial charge in [-0.1, -0.05) is 53.0 Å². The molecule has 0 aliphatic carbocycles. The summed E-state index contributed by atoms with van der Waals surface area (Å²) in [6, 6.07) is 16.6. The Morgan fingerprint density at radius 3 is 2.48 bits per heavy atom. The summed E-state index contributed by atoms with van der Waals surface area (Å²) in [4.78, 5) is 12.9. The topological polar surface area (TPSA) is 42.2 Å². The number of nitrogens with zero attached hydrogens (tertiary/aromatic N) is 1. The van der Waals surface area contributed by atoms with Crippen LogP contribution in [0.1, 0.15) is 16.1 Å². The monoisotopic (exact) mass is 435 g/mol. The van der Waals surface area contributed by atoms with Gasteiger partial charge in [0.05, 0.1) is 14.4 Å². The van der Waals surface area contributed by atoms with Crippen LogP contribution in [0.4, 0.5) is 0 Å². The van der Waals surface area contributed by atoms with Gasteiger partial charge in [-0.05, 0) is 42.0 Å². The molecule has 4 rings (SSSR count). The van der Waals surface area contributed by atoms with E-state index in [1.807, 2.05) is 36.4 Å². The van der Waals surface area contributed by atoms with Gasteiger partial charge in [-0.15, -0.1) is 11.3 Å². The van der Waals surface area contributed by atoms with Crippen molar-refractivity contribution in [3.8, 4) is 10.4 Å². The highest BCUT2D eigenvalue weighted by atomic mass is 35.5. The lowest BCUT2D eigenvalue weighted by Gasteiger charge is -2.10. The molecule has 27 heavy (non-hydrogen) atoms. The molecule has 2 aromatic heterocycles.